The van der Waals surface area contributed by atoms with Crippen molar-refractivity contribution in [2.75, 3.05) is 33.3 Å². The smallest absolute Gasteiger partial charge is 0.230 e. The zero-order valence-electron chi connectivity index (χ0n) is 18.3. The molecular formula is C24H25N3O4S. The van der Waals surface area contributed by atoms with Crippen molar-refractivity contribution in [1.29, 1.82) is 0 Å². The molecule has 4 rings (SSSR count). The molecule has 1 N–H and O–H groups in total. The van der Waals surface area contributed by atoms with E-state index in [4.69, 9.17) is 14.2 Å². The molecule has 2 heterocycles. The second-order valence-electron chi connectivity index (χ2n) is 7.18. The molecule has 0 atom stereocenters. The van der Waals surface area contributed by atoms with Crippen molar-refractivity contribution in [2.24, 2.45) is 0 Å². The van der Waals surface area contributed by atoms with Gasteiger partial charge in [-0.05, 0) is 36.4 Å². The number of thiazole rings is 1. The van der Waals surface area contributed by atoms with E-state index in [1.54, 1.807) is 21.3 Å². The number of hydrogen-bond donors (Lipinski definition) is 1. The third-order valence-electron chi connectivity index (χ3n) is 5.15. The molecule has 166 valence electrons. The first-order valence-electron chi connectivity index (χ1n) is 10.2. The third-order valence-corrected chi connectivity index (χ3v) is 6.09. The van der Waals surface area contributed by atoms with Crippen molar-refractivity contribution < 1.29 is 19.0 Å². The fraction of sp³-hybridized carbons (Fsp3) is 0.250. The van der Waals surface area contributed by atoms with Crippen molar-refractivity contribution in [1.82, 2.24) is 9.55 Å². The Morgan fingerprint density at radius 3 is 2.72 bits per heavy atom. The number of fused-ring (bicyclic) bond motifs is 1. The number of anilines is 1. The normalized spacial score (nSPS) is 11.0. The van der Waals surface area contributed by atoms with Crippen molar-refractivity contribution in [3.63, 3.8) is 0 Å². The molecule has 1 amide bonds. The summed E-state index contributed by atoms with van der Waals surface area (Å²) in [5.74, 6) is 1.20. The maximum Gasteiger partial charge on any atom is 0.230 e. The van der Waals surface area contributed by atoms with Crippen LogP contribution < -0.4 is 14.8 Å². The molecule has 8 heteroatoms. The van der Waals surface area contributed by atoms with Crippen molar-refractivity contribution in [3.8, 4) is 22.1 Å². The number of rotatable bonds is 9. The van der Waals surface area contributed by atoms with Gasteiger partial charge in [0.1, 0.15) is 5.01 Å². The number of amides is 1. The van der Waals surface area contributed by atoms with Crippen LogP contribution in [0.3, 0.4) is 0 Å². The number of aromatic nitrogens is 2. The Labute approximate surface area is 190 Å². The van der Waals surface area contributed by atoms with E-state index in [0.29, 0.717) is 18.1 Å². The second-order valence-corrected chi connectivity index (χ2v) is 8.04. The van der Waals surface area contributed by atoms with E-state index in [9.17, 15) is 4.79 Å². The van der Waals surface area contributed by atoms with Crippen LogP contribution in [0.2, 0.25) is 0 Å². The zero-order valence-corrected chi connectivity index (χ0v) is 19.1. The zero-order chi connectivity index (χ0) is 22.5. The number of nitrogens with zero attached hydrogens (tertiary/aromatic N) is 2. The highest BCUT2D eigenvalue weighted by molar-refractivity contribution is 7.13. The first-order chi connectivity index (χ1) is 15.6. The molecule has 4 aromatic rings. The van der Waals surface area contributed by atoms with Gasteiger partial charge in [-0.2, -0.15) is 0 Å². The summed E-state index contributed by atoms with van der Waals surface area (Å²) in [5.41, 5.74) is 3.49. The summed E-state index contributed by atoms with van der Waals surface area (Å²) in [4.78, 5) is 17.4. The number of carbonyl (C=O) groups is 1. The van der Waals surface area contributed by atoms with Gasteiger partial charge in [0.15, 0.2) is 11.5 Å². The van der Waals surface area contributed by atoms with Crippen LogP contribution in [0.1, 0.15) is 5.69 Å². The van der Waals surface area contributed by atoms with Crippen LogP contribution in [0, 0.1) is 0 Å². The summed E-state index contributed by atoms with van der Waals surface area (Å²) < 4.78 is 18.0. The Bertz CT molecular complexity index is 1230. The Morgan fingerprint density at radius 1 is 1.09 bits per heavy atom. The minimum atomic E-state index is -0.105. The largest absolute Gasteiger partial charge is 0.493 e. The minimum Gasteiger partial charge on any atom is -0.493 e. The third kappa shape index (κ3) is 4.61. The van der Waals surface area contributed by atoms with Gasteiger partial charge in [0.05, 0.1) is 44.1 Å². The highest BCUT2D eigenvalue weighted by Gasteiger charge is 2.13. The predicted molar refractivity (Wildman–Crippen MR) is 127 cm³/mol. The summed E-state index contributed by atoms with van der Waals surface area (Å²) in [6.45, 7) is 1.39. The topological polar surface area (TPSA) is 74.6 Å². The lowest BCUT2D eigenvalue weighted by atomic mass is 10.2. The molecule has 0 spiro atoms. The minimum absolute atomic E-state index is 0.105. The molecule has 0 saturated carbocycles. The average Bonchev–Trinajstić information content (AvgIpc) is 3.44. The van der Waals surface area contributed by atoms with Crippen LogP contribution >= 0.6 is 11.3 Å². The van der Waals surface area contributed by atoms with Crippen molar-refractivity contribution >= 4 is 33.8 Å². The van der Waals surface area contributed by atoms with E-state index in [2.05, 4.69) is 14.9 Å². The Hall–Kier alpha value is -3.36. The Kier molecular flexibility index (Phi) is 6.72. The van der Waals surface area contributed by atoms with Crippen LogP contribution in [-0.4, -0.2) is 43.4 Å². The van der Waals surface area contributed by atoms with E-state index in [1.165, 1.54) is 11.3 Å². The maximum absolute atomic E-state index is 12.7. The van der Waals surface area contributed by atoms with E-state index < -0.39 is 0 Å². The molecule has 0 aliphatic carbocycles. The van der Waals surface area contributed by atoms with Crippen LogP contribution in [0.5, 0.6) is 11.5 Å². The van der Waals surface area contributed by atoms with Gasteiger partial charge in [0.2, 0.25) is 5.91 Å². The molecule has 2 aromatic carbocycles. The lowest BCUT2D eigenvalue weighted by Gasteiger charge is -2.08. The molecule has 0 aliphatic heterocycles. The summed E-state index contributed by atoms with van der Waals surface area (Å²) in [7, 11) is 4.89. The molecular weight excluding hydrogens is 426 g/mol. The Balaban J connectivity index is 1.47. The van der Waals surface area contributed by atoms with Crippen LogP contribution in [0.25, 0.3) is 21.5 Å². The van der Waals surface area contributed by atoms with Crippen molar-refractivity contribution in [3.05, 3.63) is 59.7 Å². The molecule has 0 fully saturated rings. The molecule has 0 aliphatic rings. The SMILES string of the molecule is COCCn1ccc2c(NC(=O)Cc3csc(-c4ccc(OC)c(OC)c4)n3)cccc21. The average molecular weight is 452 g/mol. The van der Waals surface area contributed by atoms with Gasteiger partial charge in [-0.3, -0.25) is 4.79 Å². The van der Waals surface area contributed by atoms with Gasteiger partial charge in [0.25, 0.3) is 0 Å². The van der Waals surface area contributed by atoms with E-state index in [0.717, 1.165) is 39.4 Å². The quantitative estimate of drug-likeness (QED) is 0.402. The molecule has 32 heavy (non-hydrogen) atoms. The van der Waals surface area contributed by atoms with E-state index in [-0.39, 0.29) is 12.3 Å². The summed E-state index contributed by atoms with van der Waals surface area (Å²) in [5, 5.41) is 6.77. The number of ether oxygens (including phenoxy) is 3. The molecule has 2 aromatic heterocycles. The number of benzene rings is 2. The van der Waals surface area contributed by atoms with Crippen LogP contribution in [0.15, 0.2) is 54.0 Å². The van der Waals surface area contributed by atoms with Crippen molar-refractivity contribution in [2.45, 2.75) is 13.0 Å². The van der Waals surface area contributed by atoms with Gasteiger partial charge >= 0.3 is 0 Å². The molecule has 0 unspecified atom stereocenters. The van der Waals surface area contributed by atoms with Gasteiger partial charge < -0.3 is 24.1 Å². The lowest BCUT2D eigenvalue weighted by molar-refractivity contribution is -0.115. The maximum atomic E-state index is 12.7. The predicted octanol–water partition coefficient (Wildman–Crippen LogP) is 4.61. The van der Waals surface area contributed by atoms with Crippen LogP contribution in [0.4, 0.5) is 5.69 Å². The summed E-state index contributed by atoms with van der Waals surface area (Å²) in [6, 6.07) is 13.6. The molecule has 0 bridgehead atoms. The number of hydrogen-bond acceptors (Lipinski definition) is 6. The molecule has 0 saturated heterocycles. The molecule has 7 nitrogen and oxygen atoms in total. The van der Waals surface area contributed by atoms with Crippen LogP contribution in [-0.2, 0) is 22.5 Å². The highest BCUT2D eigenvalue weighted by atomic mass is 32.1. The van der Waals surface area contributed by atoms with Gasteiger partial charge in [-0.15, -0.1) is 11.3 Å². The lowest BCUT2D eigenvalue weighted by Crippen LogP contribution is -2.14. The van der Waals surface area contributed by atoms with E-state index >= 15 is 0 Å². The molecule has 0 radical (unpaired) electrons. The highest BCUT2D eigenvalue weighted by Crippen LogP contribution is 2.33. The number of methoxy groups -OCH3 is 3. The first kappa shape index (κ1) is 21.9. The van der Waals surface area contributed by atoms with E-state index in [1.807, 2.05) is 54.0 Å². The van der Waals surface area contributed by atoms with Gasteiger partial charge in [-0.25, -0.2) is 4.98 Å². The fourth-order valence-electron chi connectivity index (χ4n) is 3.57. The number of carbonyl (C=O) groups excluding carboxylic acids is 1. The monoisotopic (exact) mass is 451 g/mol. The van der Waals surface area contributed by atoms with Gasteiger partial charge in [-0.1, -0.05) is 6.07 Å². The summed E-state index contributed by atoms with van der Waals surface area (Å²) >= 11 is 1.49. The summed E-state index contributed by atoms with van der Waals surface area (Å²) in [6.07, 6.45) is 2.21. The van der Waals surface area contributed by atoms with Gasteiger partial charge in [0, 0.05) is 36.2 Å². The first-order valence-corrected chi connectivity index (χ1v) is 11.0. The second kappa shape index (κ2) is 9.84. The number of nitrogens with one attached hydrogen (secondary N) is 1. The fourth-order valence-corrected chi connectivity index (χ4v) is 4.38. The Morgan fingerprint density at radius 2 is 1.94 bits per heavy atom. The standard InChI is InChI=1S/C24H25N3O4S/c1-29-12-11-27-10-9-18-19(5-4-6-20(18)27)26-23(28)14-17-15-32-24(25-17)16-7-8-21(30-2)22(13-16)31-3/h4-10,13,15H,11-12,14H2,1-3H3,(H,26,28).